The molecule has 0 aliphatic carbocycles. The van der Waals surface area contributed by atoms with E-state index in [-0.39, 0.29) is 31.1 Å². The van der Waals surface area contributed by atoms with Gasteiger partial charge in [-0.25, -0.2) is 0 Å². The van der Waals surface area contributed by atoms with E-state index in [1.807, 2.05) is 6.07 Å². The standard InChI is InChI=1S/C20H20ClNO5/c21-16-8-14(9-18-19(16)27-12-26-18)20(24)22(11-15-5-3-7-25-15)10-13-4-1-2-6-17(13)23/h1-2,4,6,8-9,15,23H,3,5,7,10-12H2. The summed E-state index contributed by atoms with van der Waals surface area (Å²) in [6, 6.07) is 10.2. The number of amides is 1. The van der Waals surface area contributed by atoms with Gasteiger partial charge in [-0.1, -0.05) is 29.8 Å². The molecule has 2 aliphatic heterocycles. The van der Waals surface area contributed by atoms with Crippen LogP contribution in [0.1, 0.15) is 28.8 Å². The van der Waals surface area contributed by atoms with E-state index in [9.17, 15) is 9.90 Å². The summed E-state index contributed by atoms with van der Waals surface area (Å²) >= 11 is 6.24. The number of hydrogen-bond donors (Lipinski definition) is 1. The zero-order valence-corrected chi connectivity index (χ0v) is 15.4. The van der Waals surface area contributed by atoms with Crippen LogP contribution in [0.3, 0.4) is 0 Å². The molecule has 0 bridgehead atoms. The summed E-state index contributed by atoms with van der Waals surface area (Å²) in [5, 5.41) is 10.5. The summed E-state index contributed by atoms with van der Waals surface area (Å²) in [6.07, 6.45) is 1.88. The van der Waals surface area contributed by atoms with Gasteiger partial charge in [0.25, 0.3) is 5.91 Å². The molecule has 27 heavy (non-hydrogen) atoms. The van der Waals surface area contributed by atoms with Crippen molar-refractivity contribution in [2.75, 3.05) is 19.9 Å². The Labute approximate surface area is 162 Å². The molecule has 1 fully saturated rings. The Morgan fingerprint density at radius 2 is 2.11 bits per heavy atom. The Morgan fingerprint density at radius 1 is 1.26 bits per heavy atom. The number of ether oxygens (including phenoxy) is 3. The quantitative estimate of drug-likeness (QED) is 0.846. The zero-order valence-electron chi connectivity index (χ0n) is 14.7. The molecular formula is C20H20ClNO5. The van der Waals surface area contributed by atoms with Crippen LogP contribution in [0.15, 0.2) is 36.4 Å². The van der Waals surface area contributed by atoms with Crippen molar-refractivity contribution >= 4 is 17.5 Å². The van der Waals surface area contributed by atoms with Crippen LogP contribution < -0.4 is 9.47 Å². The van der Waals surface area contributed by atoms with Crippen molar-refractivity contribution in [3.63, 3.8) is 0 Å². The number of carbonyl (C=O) groups is 1. The van der Waals surface area contributed by atoms with Gasteiger partial charge in [-0.05, 0) is 31.0 Å². The molecule has 0 radical (unpaired) electrons. The molecule has 4 rings (SSSR count). The summed E-state index contributed by atoms with van der Waals surface area (Å²) in [4.78, 5) is 14.9. The highest BCUT2D eigenvalue weighted by atomic mass is 35.5. The van der Waals surface area contributed by atoms with Gasteiger partial charge in [-0.15, -0.1) is 0 Å². The average Bonchev–Trinajstić information content (AvgIpc) is 3.34. The minimum absolute atomic E-state index is 0.00992. The SMILES string of the molecule is O=C(c1cc(Cl)c2c(c1)OCO2)N(Cc1ccccc1O)CC1CCCO1. The number of nitrogens with zero attached hydrogens (tertiary/aromatic N) is 1. The molecule has 1 atom stereocenters. The fourth-order valence-corrected chi connectivity index (χ4v) is 3.64. The van der Waals surface area contributed by atoms with E-state index in [0.29, 0.717) is 40.8 Å². The molecule has 1 N–H and O–H groups in total. The van der Waals surface area contributed by atoms with Crippen molar-refractivity contribution in [2.45, 2.75) is 25.5 Å². The Kier molecular flexibility index (Phi) is 5.09. The monoisotopic (exact) mass is 389 g/mol. The maximum absolute atomic E-state index is 13.2. The number of halogens is 1. The van der Waals surface area contributed by atoms with Crippen molar-refractivity contribution in [3.8, 4) is 17.2 Å². The van der Waals surface area contributed by atoms with E-state index in [1.165, 1.54) is 0 Å². The van der Waals surface area contributed by atoms with E-state index in [4.69, 9.17) is 25.8 Å². The van der Waals surface area contributed by atoms with E-state index in [2.05, 4.69) is 0 Å². The molecule has 1 amide bonds. The molecule has 142 valence electrons. The van der Waals surface area contributed by atoms with Crippen LogP contribution in [0.5, 0.6) is 17.2 Å². The molecule has 2 aliphatic rings. The lowest BCUT2D eigenvalue weighted by Crippen LogP contribution is -2.37. The minimum Gasteiger partial charge on any atom is -0.508 e. The van der Waals surface area contributed by atoms with Crippen molar-refractivity contribution in [1.82, 2.24) is 4.90 Å². The van der Waals surface area contributed by atoms with Crippen molar-refractivity contribution in [3.05, 3.63) is 52.5 Å². The first-order valence-electron chi connectivity index (χ1n) is 8.88. The van der Waals surface area contributed by atoms with Crippen LogP contribution >= 0.6 is 11.6 Å². The highest BCUT2D eigenvalue weighted by molar-refractivity contribution is 6.32. The molecule has 2 aromatic carbocycles. The van der Waals surface area contributed by atoms with Crippen LogP contribution in [0, 0.1) is 0 Å². The van der Waals surface area contributed by atoms with Crippen LogP contribution in [0.25, 0.3) is 0 Å². The molecule has 6 nitrogen and oxygen atoms in total. The molecule has 0 aromatic heterocycles. The van der Waals surface area contributed by atoms with Gasteiger partial charge < -0.3 is 24.2 Å². The Balaban J connectivity index is 1.62. The number of para-hydroxylation sites is 1. The summed E-state index contributed by atoms with van der Waals surface area (Å²) in [6.45, 7) is 1.51. The number of carbonyl (C=O) groups excluding carboxylic acids is 1. The lowest BCUT2D eigenvalue weighted by Gasteiger charge is -2.26. The van der Waals surface area contributed by atoms with Crippen molar-refractivity contribution in [1.29, 1.82) is 0 Å². The lowest BCUT2D eigenvalue weighted by molar-refractivity contribution is 0.0505. The van der Waals surface area contributed by atoms with Crippen LogP contribution in [0.2, 0.25) is 5.02 Å². The normalized spacial score (nSPS) is 17.9. The van der Waals surface area contributed by atoms with Gasteiger partial charge >= 0.3 is 0 Å². The predicted octanol–water partition coefficient (Wildman–Crippen LogP) is 3.60. The third-order valence-electron chi connectivity index (χ3n) is 4.76. The van der Waals surface area contributed by atoms with Crippen LogP contribution in [-0.4, -0.2) is 42.0 Å². The molecule has 7 heteroatoms. The highest BCUT2D eigenvalue weighted by Crippen LogP contribution is 2.40. The third-order valence-corrected chi connectivity index (χ3v) is 5.04. The van der Waals surface area contributed by atoms with E-state index in [0.717, 1.165) is 12.8 Å². The third kappa shape index (κ3) is 3.82. The Morgan fingerprint density at radius 3 is 2.89 bits per heavy atom. The first kappa shape index (κ1) is 17.9. The second-order valence-corrected chi connectivity index (χ2v) is 7.05. The smallest absolute Gasteiger partial charge is 0.254 e. The maximum atomic E-state index is 13.2. The molecule has 2 aromatic rings. The fraction of sp³-hybridized carbons (Fsp3) is 0.350. The van der Waals surface area contributed by atoms with E-state index >= 15 is 0 Å². The number of phenols is 1. The minimum atomic E-state index is -0.200. The van der Waals surface area contributed by atoms with Gasteiger partial charge in [0.15, 0.2) is 11.5 Å². The summed E-state index contributed by atoms with van der Waals surface area (Å²) < 4.78 is 16.4. The highest BCUT2D eigenvalue weighted by Gasteiger charge is 2.27. The Bertz CT molecular complexity index is 850. The largest absolute Gasteiger partial charge is 0.508 e. The van der Waals surface area contributed by atoms with Gasteiger partial charge in [-0.3, -0.25) is 4.79 Å². The maximum Gasteiger partial charge on any atom is 0.254 e. The predicted molar refractivity (Wildman–Crippen MR) is 99.4 cm³/mol. The first-order chi connectivity index (χ1) is 13.1. The molecular weight excluding hydrogens is 370 g/mol. The second kappa shape index (κ2) is 7.66. The molecule has 1 unspecified atom stereocenters. The Hall–Kier alpha value is -2.44. The summed E-state index contributed by atoms with van der Waals surface area (Å²) in [7, 11) is 0. The molecule has 1 saturated heterocycles. The number of aromatic hydroxyl groups is 1. The number of fused-ring (bicyclic) bond motifs is 1. The first-order valence-corrected chi connectivity index (χ1v) is 9.26. The van der Waals surface area contributed by atoms with Crippen molar-refractivity contribution < 1.29 is 24.1 Å². The second-order valence-electron chi connectivity index (χ2n) is 6.64. The van der Waals surface area contributed by atoms with Gasteiger partial charge in [0, 0.05) is 30.8 Å². The van der Waals surface area contributed by atoms with E-state index in [1.54, 1.807) is 35.2 Å². The van der Waals surface area contributed by atoms with E-state index < -0.39 is 0 Å². The zero-order chi connectivity index (χ0) is 18.8. The molecule has 2 heterocycles. The summed E-state index contributed by atoms with van der Waals surface area (Å²) in [5.74, 6) is 0.880. The molecule has 0 spiro atoms. The lowest BCUT2D eigenvalue weighted by atomic mass is 10.1. The number of phenolic OH excluding ortho intramolecular Hbond substituents is 1. The number of benzene rings is 2. The number of rotatable bonds is 5. The average molecular weight is 390 g/mol. The van der Waals surface area contributed by atoms with Crippen LogP contribution in [-0.2, 0) is 11.3 Å². The summed E-state index contributed by atoms with van der Waals surface area (Å²) in [5.41, 5.74) is 1.09. The van der Waals surface area contributed by atoms with Crippen molar-refractivity contribution in [2.24, 2.45) is 0 Å². The topological polar surface area (TPSA) is 68.2 Å². The fourth-order valence-electron chi connectivity index (χ4n) is 3.38. The van der Waals surface area contributed by atoms with Gasteiger partial charge in [0.2, 0.25) is 6.79 Å². The van der Waals surface area contributed by atoms with Gasteiger partial charge in [0.05, 0.1) is 11.1 Å². The van der Waals surface area contributed by atoms with Gasteiger partial charge in [0.1, 0.15) is 5.75 Å². The molecule has 0 saturated carbocycles. The number of hydrogen-bond acceptors (Lipinski definition) is 5. The van der Waals surface area contributed by atoms with Gasteiger partial charge in [-0.2, -0.15) is 0 Å². The van der Waals surface area contributed by atoms with Crippen LogP contribution in [0.4, 0.5) is 0 Å².